The molecule has 0 bridgehead atoms. The van der Waals surface area contributed by atoms with Crippen molar-refractivity contribution in [1.82, 2.24) is 10.3 Å². The molecule has 0 aliphatic rings. The van der Waals surface area contributed by atoms with Gasteiger partial charge in [0.25, 0.3) is 0 Å². The van der Waals surface area contributed by atoms with Gasteiger partial charge < -0.3 is 5.32 Å². The molecule has 0 radical (unpaired) electrons. The van der Waals surface area contributed by atoms with Crippen LogP contribution in [0.1, 0.15) is 25.5 Å². The largest absolute Gasteiger partial charge is 0.313 e. The Bertz CT molecular complexity index is 300. The van der Waals surface area contributed by atoms with E-state index in [-0.39, 0.29) is 0 Å². The zero-order valence-electron chi connectivity index (χ0n) is 9.24. The van der Waals surface area contributed by atoms with Gasteiger partial charge in [-0.25, -0.2) is 0 Å². The summed E-state index contributed by atoms with van der Waals surface area (Å²) in [4.78, 5) is 4.30. The first-order chi connectivity index (χ1) is 7.36. The topological polar surface area (TPSA) is 24.9 Å². The first-order valence-electron chi connectivity index (χ1n) is 5.43. The number of nitrogens with one attached hydrogen (secondary N) is 1. The van der Waals surface area contributed by atoms with Crippen molar-refractivity contribution in [2.75, 3.05) is 6.54 Å². The zero-order chi connectivity index (χ0) is 10.9. The van der Waals surface area contributed by atoms with Gasteiger partial charge in [0, 0.05) is 30.8 Å². The summed E-state index contributed by atoms with van der Waals surface area (Å²) in [6, 6.07) is 6.33. The summed E-state index contributed by atoms with van der Waals surface area (Å²) >= 11 is 0. The van der Waals surface area contributed by atoms with Crippen LogP contribution in [0.5, 0.6) is 0 Å². The predicted molar refractivity (Wildman–Crippen MR) is 63.5 cm³/mol. The Hall–Kier alpha value is -1.33. The third-order valence-electron chi connectivity index (χ3n) is 2.23. The highest BCUT2D eigenvalue weighted by Crippen LogP contribution is 2.02. The van der Waals surface area contributed by atoms with Crippen molar-refractivity contribution in [3.05, 3.63) is 30.1 Å². The molecule has 80 valence electrons. The first-order valence-corrected chi connectivity index (χ1v) is 5.43. The molecule has 0 aromatic carbocycles. The van der Waals surface area contributed by atoms with Crippen LogP contribution in [0, 0.1) is 12.3 Å². The van der Waals surface area contributed by atoms with Gasteiger partial charge in [0.1, 0.15) is 0 Å². The quantitative estimate of drug-likeness (QED) is 0.714. The molecular formula is C13H18N2. The monoisotopic (exact) mass is 202 g/mol. The molecule has 1 aromatic heterocycles. The number of pyridine rings is 1. The number of nitrogens with zero attached hydrogens (tertiary/aromatic N) is 1. The Labute approximate surface area is 92.1 Å². The van der Waals surface area contributed by atoms with Crippen molar-refractivity contribution in [2.45, 2.75) is 32.2 Å². The minimum absolute atomic E-state index is 0.352. The van der Waals surface area contributed by atoms with E-state index in [0.717, 1.165) is 31.5 Å². The lowest BCUT2D eigenvalue weighted by molar-refractivity contribution is 0.512. The molecule has 1 N–H and O–H groups in total. The molecule has 0 aliphatic heterocycles. The fraction of sp³-hybridized carbons (Fsp3) is 0.462. The lowest BCUT2D eigenvalue weighted by Gasteiger charge is -2.15. The lowest BCUT2D eigenvalue weighted by Crippen LogP contribution is -2.31. The first kappa shape index (κ1) is 11.7. The molecule has 2 nitrogen and oxygen atoms in total. The zero-order valence-corrected chi connectivity index (χ0v) is 9.24. The van der Waals surface area contributed by atoms with E-state index in [1.807, 2.05) is 24.4 Å². The second-order valence-corrected chi connectivity index (χ2v) is 3.58. The summed E-state index contributed by atoms with van der Waals surface area (Å²) in [5.41, 5.74) is 1.10. The highest BCUT2D eigenvalue weighted by molar-refractivity contribution is 5.06. The van der Waals surface area contributed by atoms with Crippen LogP contribution in [0.4, 0.5) is 0 Å². The highest BCUT2D eigenvalue weighted by atomic mass is 14.9. The molecule has 1 rings (SSSR count). The number of rotatable bonds is 6. The van der Waals surface area contributed by atoms with E-state index >= 15 is 0 Å². The normalized spacial score (nSPS) is 12.0. The SMILES string of the molecule is C#CCC(Cc1ccccn1)NCCC. The average molecular weight is 202 g/mol. The van der Waals surface area contributed by atoms with Crippen LogP contribution in [-0.2, 0) is 6.42 Å². The smallest absolute Gasteiger partial charge is 0.0419 e. The maximum Gasteiger partial charge on any atom is 0.0419 e. The van der Waals surface area contributed by atoms with Crippen LogP contribution in [0.25, 0.3) is 0 Å². The summed E-state index contributed by atoms with van der Waals surface area (Å²) in [5.74, 6) is 2.71. The summed E-state index contributed by atoms with van der Waals surface area (Å²) in [6.07, 6.45) is 9.96. The molecule has 1 unspecified atom stereocenters. The van der Waals surface area contributed by atoms with Gasteiger partial charge in [-0.05, 0) is 25.1 Å². The Balaban J connectivity index is 2.47. The van der Waals surface area contributed by atoms with Gasteiger partial charge in [-0.2, -0.15) is 0 Å². The molecule has 15 heavy (non-hydrogen) atoms. The minimum atomic E-state index is 0.352. The van der Waals surface area contributed by atoms with E-state index in [9.17, 15) is 0 Å². The number of terminal acetylenes is 1. The molecule has 1 aromatic rings. The maximum absolute atomic E-state index is 5.34. The Morgan fingerprint density at radius 3 is 3.00 bits per heavy atom. The average Bonchev–Trinajstić information content (AvgIpc) is 2.28. The fourth-order valence-corrected chi connectivity index (χ4v) is 1.48. The Kier molecular flexibility index (Phi) is 5.50. The Morgan fingerprint density at radius 2 is 2.40 bits per heavy atom. The van der Waals surface area contributed by atoms with Crippen molar-refractivity contribution in [3.8, 4) is 12.3 Å². The van der Waals surface area contributed by atoms with Crippen molar-refractivity contribution >= 4 is 0 Å². The van der Waals surface area contributed by atoms with Gasteiger partial charge in [0.2, 0.25) is 0 Å². The van der Waals surface area contributed by atoms with Crippen molar-refractivity contribution in [1.29, 1.82) is 0 Å². The molecule has 0 fully saturated rings. The van der Waals surface area contributed by atoms with E-state index < -0.39 is 0 Å². The second kappa shape index (κ2) is 7.03. The van der Waals surface area contributed by atoms with Crippen LogP contribution < -0.4 is 5.32 Å². The van der Waals surface area contributed by atoms with Crippen LogP contribution in [0.3, 0.4) is 0 Å². The van der Waals surface area contributed by atoms with Crippen LogP contribution in [0.15, 0.2) is 24.4 Å². The van der Waals surface area contributed by atoms with Gasteiger partial charge in [-0.3, -0.25) is 4.98 Å². The molecule has 0 saturated carbocycles. The molecule has 0 spiro atoms. The number of hydrogen-bond donors (Lipinski definition) is 1. The number of hydrogen-bond acceptors (Lipinski definition) is 2. The molecule has 0 aliphatic carbocycles. The van der Waals surface area contributed by atoms with E-state index in [1.54, 1.807) is 0 Å². The van der Waals surface area contributed by atoms with E-state index in [4.69, 9.17) is 6.42 Å². The third kappa shape index (κ3) is 4.62. The molecule has 0 saturated heterocycles. The van der Waals surface area contributed by atoms with Crippen molar-refractivity contribution < 1.29 is 0 Å². The molecule has 1 heterocycles. The summed E-state index contributed by atoms with van der Waals surface area (Å²) in [6.45, 7) is 3.17. The Morgan fingerprint density at radius 1 is 1.53 bits per heavy atom. The minimum Gasteiger partial charge on any atom is -0.313 e. The lowest BCUT2D eigenvalue weighted by atomic mass is 10.1. The summed E-state index contributed by atoms with van der Waals surface area (Å²) < 4.78 is 0. The third-order valence-corrected chi connectivity index (χ3v) is 2.23. The summed E-state index contributed by atoms with van der Waals surface area (Å²) in [5, 5.41) is 3.44. The standard InChI is InChI=1S/C13H18N2/c1-3-7-12(14-9-4-2)11-13-8-5-6-10-15-13/h1,5-6,8,10,12,14H,4,7,9,11H2,2H3. The van der Waals surface area contributed by atoms with Crippen LogP contribution >= 0.6 is 0 Å². The highest BCUT2D eigenvalue weighted by Gasteiger charge is 2.07. The number of aromatic nitrogens is 1. The van der Waals surface area contributed by atoms with E-state index in [2.05, 4.69) is 23.1 Å². The van der Waals surface area contributed by atoms with Gasteiger partial charge in [0.15, 0.2) is 0 Å². The molecule has 0 amide bonds. The maximum atomic E-state index is 5.34. The van der Waals surface area contributed by atoms with Gasteiger partial charge in [-0.15, -0.1) is 12.3 Å². The second-order valence-electron chi connectivity index (χ2n) is 3.58. The van der Waals surface area contributed by atoms with E-state index in [1.165, 1.54) is 0 Å². The molecule has 1 atom stereocenters. The van der Waals surface area contributed by atoms with Crippen molar-refractivity contribution in [2.24, 2.45) is 0 Å². The molecular weight excluding hydrogens is 184 g/mol. The fourth-order valence-electron chi connectivity index (χ4n) is 1.48. The predicted octanol–water partition coefficient (Wildman–Crippen LogP) is 2.02. The van der Waals surface area contributed by atoms with Crippen molar-refractivity contribution in [3.63, 3.8) is 0 Å². The summed E-state index contributed by atoms with van der Waals surface area (Å²) in [7, 11) is 0. The molecule has 2 heteroatoms. The van der Waals surface area contributed by atoms with Gasteiger partial charge in [0.05, 0.1) is 0 Å². The van der Waals surface area contributed by atoms with E-state index in [0.29, 0.717) is 6.04 Å². The van der Waals surface area contributed by atoms with Gasteiger partial charge in [-0.1, -0.05) is 13.0 Å². The van der Waals surface area contributed by atoms with Gasteiger partial charge >= 0.3 is 0 Å². The van der Waals surface area contributed by atoms with Crippen LogP contribution in [0.2, 0.25) is 0 Å². The van der Waals surface area contributed by atoms with Crippen LogP contribution in [-0.4, -0.2) is 17.6 Å².